The van der Waals surface area contributed by atoms with Gasteiger partial charge in [0.25, 0.3) is 0 Å². The maximum atomic E-state index is 12.2. The number of carboxylic acid groups (broad SMARTS) is 1. The third-order valence-corrected chi connectivity index (χ3v) is 7.97. The number of esters is 1. The Balaban J connectivity index is 3.62. The van der Waals surface area contributed by atoms with Gasteiger partial charge in [-0.2, -0.15) is 0 Å². The van der Waals surface area contributed by atoms with E-state index in [0.29, 0.717) is 13.0 Å². The van der Waals surface area contributed by atoms with Crippen LogP contribution in [0.1, 0.15) is 188 Å². The Hall–Kier alpha value is -1.59. The Labute approximate surface area is 253 Å². The fraction of sp³-hybridized carbons (Fsp3) is 0.914. The lowest BCUT2D eigenvalue weighted by atomic mass is 10.0. The Kier molecular flexibility index (Phi) is 28.7. The molecule has 0 bridgehead atoms. The second-order valence-electron chi connectivity index (χ2n) is 12.6. The van der Waals surface area contributed by atoms with Crippen molar-refractivity contribution in [3.8, 4) is 0 Å². The van der Waals surface area contributed by atoms with Gasteiger partial charge in [0, 0.05) is 12.8 Å². The molecule has 0 radical (unpaired) electrons. The molecule has 6 heteroatoms. The van der Waals surface area contributed by atoms with Crippen LogP contribution >= 0.6 is 0 Å². The highest BCUT2D eigenvalue weighted by Crippen LogP contribution is 2.15. The summed E-state index contributed by atoms with van der Waals surface area (Å²) in [5.74, 6) is -0.894. The van der Waals surface area contributed by atoms with Crippen LogP contribution < -0.4 is 5.32 Å². The number of rotatable bonds is 31. The molecule has 0 saturated heterocycles. The van der Waals surface area contributed by atoms with Crippen LogP contribution in [0.4, 0.5) is 0 Å². The van der Waals surface area contributed by atoms with E-state index in [9.17, 15) is 19.5 Å². The first-order chi connectivity index (χ1) is 19.9. The number of carboxylic acids is 1. The lowest BCUT2D eigenvalue weighted by molar-refractivity contribution is -0.145. The van der Waals surface area contributed by atoms with Crippen LogP contribution in [0, 0.1) is 5.92 Å². The van der Waals surface area contributed by atoms with E-state index < -0.39 is 12.0 Å². The molecule has 0 unspecified atom stereocenters. The zero-order valence-electron chi connectivity index (χ0n) is 27.3. The lowest BCUT2D eigenvalue weighted by Crippen LogP contribution is -2.41. The molecule has 0 aromatic carbocycles. The summed E-state index contributed by atoms with van der Waals surface area (Å²) in [6, 6.07) is -1.04. The van der Waals surface area contributed by atoms with E-state index in [4.69, 9.17) is 4.74 Å². The SMILES string of the molecule is CCCCCCCCCCCC(=O)N[C@@H](CCC(=O)OCCCCCCCCCCCCCCCC(C)C)C(=O)O. The molecule has 0 aromatic rings. The normalized spacial score (nSPS) is 12.0. The number of hydrogen-bond acceptors (Lipinski definition) is 4. The van der Waals surface area contributed by atoms with Crippen LogP contribution in [0.3, 0.4) is 0 Å². The van der Waals surface area contributed by atoms with Gasteiger partial charge < -0.3 is 15.2 Å². The zero-order valence-corrected chi connectivity index (χ0v) is 27.3. The van der Waals surface area contributed by atoms with Gasteiger partial charge in [-0.15, -0.1) is 0 Å². The summed E-state index contributed by atoms with van der Waals surface area (Å²) in [4.78, 5) is 35.7. The number of carbonyl (C=O) groups is 3. The van der Waals surface area contributed by atoms with E-state index in [0.717, 1.165) is 38.0 Å². The van der Waals surface area contributed by atoms with Gasteiger partial charge in [0.05, 0.1) is 6.61 Å². The molecule has 0 aliphatic heterocycles. The van der Waals surface area contributed by atoms with Crippen LogP contribution in [0.15, 0.2) is 0 Å². The molecule has 0 saturated carbocycles. The first-order valence-electron chi connectivity index (χ1n) is 17.5. The van der Waals surface area contributed by atoms with Crippen molar-refractivity contribution >= 4 is 17.8 Å². The molecule has 0 aromatic heterocycles. The molecular weight excluding hydrogens is 514 g/mol. The molecule has 0 aliphatic rings. The van der Waals surface area contributed by atoms with E-state index in [1.807, 2.05) is 0 Å². The van der Waals surface area contributed by atoms with Gasteiger partial charge in [0.1, 0.15) is 6.04 Å². The van der Waals surface area contributed by atoms with Crippen LogP contribution in [0.5, 0.6) is 0 Å². The van der Waals surface area contributed by atoms with Crippen molar-refractivity contribution in [1.82, 2.24) is 5.32 Å². The third-order valence-electron chi connectivity index (χ3n) is 7.97. The van der Waals surface area contributed by atoms with Crippen LogP contribution in [-0.4, -0.2) is 35.6 Å². The van der Waals surface area contributed by atoms with E-state index >= 15 is 0 Å². The van der Waals surface area contributed by atoms with Gasteiger partial charge in [-0.05, 0) is 25.2 Å². The first kappa shape index (κ1) is 39.4. The quantitative estimate of drug-likeness (QED) is 0.0628. The topological polar surface area (TPSA) is 92.7 Å². The summed E-state index contributed by atoms with van der Waals surface area (Å²) in [5, 5.41) is 12.0. The van der Waals surface area contributed by atoms with E-state index in [1.54, 1.807) is 0 Å². The Morgan fingerprint density at radius 3 is 1.49 bits per heavy atom. The largest absolute Gasteiger partial charge is 0.480 e. The first-order valence-corrected chi connectivity index (χ1v) is 17.5. The summed E-state index contributed by atoms with van der Waals surface area (Å²) < 4.78 is 5.28. The maximum absolute atomic E-state index is 12.2. The van der Waals surface area contributed by atoms with Crippen molar-refractivity contribution < 1.29 is 24.2 Å². The molecule has 2 N–H and O–H groups in total. The van der Waals surface area contributed by atoms with Crippen molar-refractivity contribution in [1.29, 1.82) is 0 Å². The summed E-state index contributed by atoms with van der Waals surface area (Å²) in [6.45, 7) is 7.22. The van der Waals surface area contributed by atoms with Gasteiger partial charge in [-0.3, -0.25) is 9.59 Å². The fourth-order valence-corrected chi connectivity index (χ4v) is 5.24. The molecule has 242 valence electrons. The number of ether oxygens (including phenoxy) is 1. The highest BCUT2D eigenvalue weighted by atomic mass is 16.5. The minimum Gasteiger partial charge on any atom is -0.480 e. The average Bonchev–Trinajstić information content (AvgIpc) is 2.93. The van der Waals surface area contributed by atoms with Crippen molar-refractivity contribution in [2.75, 3.05) is 6.61 Å². The van der Waals surface area contributed by atoms with Gasteiger partial charge in [-0.25, -0.2) is 4.79 Å². The molecule has 1 amide bonds. The summed E-state index contributed by atoms with van der Waals surface area (Å²) in [5.41, 5.74) is 0. The van der Waals surface area contributed by atoms with Crippen LogP contribution in [0.2, 0.25) is 0 Å². The van der Waals surface area contributed by atoms with E-state index in [1.165, 1.54) is 116 Å². The predicted octanol–water partition coefficient (Wildman–Crippen LogP) is 9.92. The second kappa shape index (κ2) is 29.9. The molecule has 6 nitrogen and oxygen atoms in total. The molecule has 0 heterocycles. The molecule has 0 fully saturated rings. The Morgan fingerprint density at radius 2 is 1.02 bits per heavy atom. The fourth-order valence-electron chi connectivity index (χ4n) is 5.24. The van der Waals surface area contributed by atoms with Gasteiger partial charge in [-0.1, -0.05) is 156 Å². The minimum atomic E-state index is -1.10. The smallest absolute Gasteiger partial charge is 0.326 e. The van der Waals surface area contributed by atoms with Gasteiger partial charge >= 0.3 is 11.9 Å². The molecule has 1 atom stereocenters. The number of aliphatic carboxylic acids is 1. The predicted molar refractivity (Wildman–Crippen MR) is 171 cm³/mol. The third kappa shape index (κ3) is 29.7. The molecule has 41 heavy (non-hydrogen) atoms. The average molecular weight is 582 g/mol. The van der Waals surface area contributed by atoms with Crippen LogP contribution in [0.25, 0.3) is 0 Å². The zero-order chi connectivity index (χ0) is 30.4. The van der Waals surface area contributed by atoms with Crippen molar-refractivity contribution in [3.63, 3.8) is 0 Å². The molecule has 0 spiro atoms. The van der Waals surface area contributed by atoms with E-state index in [2.05, 4.69) is 26.1 Å². The molecular formula is C35H67NO5. The number of nitrogens with one attached hydrogen (secondary N) is 1. The molecule has 0 aliphatic carbocycles. The Morgan fingerprint density at radius 1 is 0.585 bits per heavy atom. The summed E-state index contributed by atoms with van der Waals surface area (Å²) in [6.07, 6.45) is 28.9. The van der Waals surface area contributed by atoms with Gasteiger partial charge in [0.2, 0.25) is 5.91 Å². The van der Waals surface area contributed by atoms with Gasteiger partial charge in [0.15, 0.2) is 0 Å². The summed E-state index contributed by atoms with van der Waals surface area (Å²) >= 11 is 0. The second-order valence-corrected chi connectivity index (χ2v) is 12.6. The van der Waals surface area contributed by atoms with Crippen LogP contribution in [-0.2, 0) is 19.1 Å². The molecule has 0 rings (SSSR count). The highest BCUT2D eigenvalue weighted by molar-refractivity contribution is 5.84. The summed E-state index contributed by atoms with van der Waals surface area (Å²) in [7, 11) is 0. The standard InChI is InChI=1S/C35H67NO5/c1-4-5-6-7-8-14-18-21-24-27-33(37)36-32(35(39)40)28-29-34(38)41-30-25-22-19-16-13-11-9-10-12-15-17-20-23-26-31(2)3/h31-32H,4-30H2,1-3H3,(H,36,37)(H,39,40)/t32-/m0/s1. The number of hydrogen-bond donors (Lipinski definition) is 2. The van der Waals surface area contributed by atoms with E-state index in [-0.39, 0.29) is 24.7 Å². The van der Waals surface area contributed by atoms with Crippen molar-refractivity contribution in [2.24, 2.45) is 5.92 Å². The highest BCUT2D eigenvalue weighted by Gasteiger charge is 2.21. The lowest BCUT2D eigenvalue weighted by Gasteiger charge is -2.14. The monoisotopic (exact) mass is 582 g/mol. The number of amides is 1. The van der Waals surface area contributed by atoms with Crippen molar-refractivity contribution in [2.45, 2.75) is 194 Å². The van der Waals surface area contributed by atoms with Crippen molar-refractivity contribution in [3.05, 3.63) is 0 Å². The maximum Gasteiger partial charge on any atom is 0.326 e. The number of unbranched alkanes of at least 4 members (excludes halogenated alkanes) is 20. The Bertz CT molecular complexity index is 622. The minimum absolute atomic E-state index is 0.00717. The number of carbonyl (C=O) groups excluding carboxylic acids is 2.